The number of aromatic nitrogens is 1. The van der Waals surface area contributed by atoms with Gasteiger partial charge >= 0.3 is 12.1 Å². The first kappa shape index (κ1) is 43.4. The molecular weight excluding hydrogens is 780 g/mol. The number of likely N-dealkylation sites (N-methyl/N-ethyl adjacent to an activating group) is 1. The number of pyridine rings is 1. The van der Waals surface area contributed by atoms with Gasteiger partial charge in [-0.1, -0.05) is 59.2 Å². The van der Waals surface area contributed by atoms with E-state index in [1.54, 1.807) is 41.2 Å². The Balaban J connectivity index is 1.41. The van der Waals surface area contributed by atoms with Crippen molar-refractivity contribution in [2.24, 2.45) is 5.92 Å². The quantitative estimate of drug-likeness (QED) is 0.122. The molecule has 2 saturated heterocycles. The van der Waals surface area contributed by atoms with Crippen molar-refractivity contribution in [3.8, 4) is 5.75 Å². The first-order valence-corrected chi connectivity index (χ1v) is 21.2. The number of amides is 3. The molecule has 16 heteroatoms. The number of hydrogen-bond acceptors (Lipinski definition) is 12. The number of esters is 1. The van der Waals surface area contributed by atoms with Crippen LogP contribution in [0.2, 0.25) is 5.02 Å². The minimum atomic E-state index is -1.13. The number of rotatable bonds is 10. The van der Waals surface area contributed by atoms with Crippen LogP contribution in [0.15, 0.2) is 65.4 Å². The van der Waals surface area contributed by atoms with Gasteiger partial charge in [-0.05, 0) is 67.8 Å². The maximum Gasteiger partial charge on any atom is 0.407 e. The highest BCUT2D eigenvalue weighted by Crippen LogP contribution is 2.49. The summed E-state index contributed by atoms with van der Waals surface area (Å²) >= 11 is 6.79. The molecule has 0 saturated carbocycles. The highest BCUT2D eigenvalue weighted by Gasteiger charge is 2.64. The van der Waals surface area contributed by atoms with Gasteiger partial charge in [0.15, 0.2) is 0 Å². The summed E-state index contributed by atoms with van der Waals surface area (Å²) in [6, 6.07) is 7.94. The summed E-state index contributed by atoms with van der Waals surface area (Å²) in [5.74, 6) is -0.761. The second-order valence-electron chi connectivity index (χ2n) is 14.5. The van der Waals surface area contributed by atoms with E-state index < -0.39 is 60.1 Å². The molecule has 5 rings (SSSR count). The molecule has 1 unspecified atom stereocenters. The van der Waals surface area contributed by atoms with Crippen LogP contribution in [-0.4, -0.2) is 110 Å². The molecule has 0 aliphatic carbocycles. The van der Waals surface area contributed by atoms with E-state index >= 15 is 0 Å². The van der Waals surface area contributed by atoms with Crippen LogP contribution < -0.4 is 15.0 Å². The van der Waals surface area contributed by atoms with Crippen LogP contribution in [0, 0.1) is 5.92 Å². The molecule has 4 heterocycles. The van der Waals surface area contributed by atoms with Gasteiger partial charge in [-0.25, -0.2) is 14.6 Å². The lowest BCUT2D eigenvalue weighted by Crippen LogP contribution is -2.53. The van der Waals surface area contributed by atoms with E-state index in [2.05, 4.69) is 10.3 Å². The van der Waals surface area contributed by atoms with Crippen molar-refractivity contribution < 1.29 is 42.9 Å². The summed E-state index contributed by atoms with van der Waals surface area (Å²) in [5.41, 5.74) is 1.16. The van der Waals surface area contributed by atoms with Crippen LogP contribution in [0.3, 0.4) is 0 Å². The van der Waals surface area contributed by atoms with Crippen molar-refractivity contribution in [2.45, 2.75) is 101 Å². The molecule has 3 aliphatic heterocycles. The number of ether oxygens (including phenoxy) is 5. The van der Waals surface area contributed by atoms with Gasteiger partial charge in [-0.3, -0.25) is 9.59 Å². The van der Waals surface area contributed by atoms with Crippen LogP contribution in [0.25, 0.3) is 0 Å². The lowest BCUT2D eigenvalue weighted by molar-refractivity contribution is -0.161. The molecule has 2 aromatic rings. The number of allylic oxidation sites excluding steroid dienone is 3. The lowest BCUT2D eigenvalue weighted by atomic mass is 9.84. The number of alkyl carbamates (subject to hydrolysis) is 1. The monoisotopic (exact) mass is 830 g/mol. The SMILES string of the molecule is COc1cc2cc(c1Cl)N(C)C(=O)C[C@H](OC(=O)[C@H](C)N(C)C(=O)CCSSc1ccccn1)[C@]1(C)O[C@H]1[C@H](C)[C@@H]1CC(NC(=O)O1)[C@H](OC)/C=C/C=C(\C)C2. The molecule has 13 nitrogen and oxygen atoms in total. The lowest BCUT2D eigenvalue weighted by Gasteiger charge is -2.36. The molecule has 0 radical (unpaired) electrons. The predicted molar refractivity (Wildman–Crippen MR) is 217 cm³/mol. The molecule has 1 N–H and O–H groups in total. The van der Waals surface area contributed by atoms with Gasteiger partial charge < -0.3 is 38.8 Å². The maximum absolute atomic E-state index is 14.2. The number of anilines is 1. The Kier molecular flexibility index (Phi) is 14.8. The Morgan fingerprint density at radius 3 is 2.70 bits per heavy atom. The van der Waals surface area contributed by atoms with Gasteiger partial charge in [-0.15, -0.1) is 0 Å². The van der Waals surface area contributed by atoms with Crippen molar-refractivity contribution in [3.05, 3.63) is 70.9 Å². The molecule has 304 valence electrons. The third-order valence-electron chi connectivity index (χ3n) is 10.6. The van der Waals surface area contributed by atoms with E-state index in [0.717, 1.165) is 16.2 Å². The van der Waals surface area contributed by atoms with Crippen molar-refractivity contribution in [3.63, 3.8) is 0 Å². The first-order chi connectivity index (χ1) is 26.7. The van der Waals surface area contributed by atoms with Crippen LogP contribution >= 0.6 is 33.2 Å². The third-order valence-corrected chi connectivity index (χ3v) is 13.3. The fourth-order valence-electron chi connectivity index (χ4n) is 6.97. The number of epoxide rings is 1. The largest absolute Gasteiger partial charge is 0.495 e. The molecule has 2 fully saturated rings. The van der Waals surface area contributed by atoms with E-state index in [-0.39, 0.29) is 29.7 Å². The number of benzene rings is 1. The van der Waals surface area contributed by atoms with Crippen molar-refractivity contribution in [1.29, 1.82) is 0 Å². The van der Waals surface area contributed by atoms with Crippen molar-refractivity contribution in [2.75, 3.05) is 39.0 Å². The summed E-state index contributed by atoms with van der Waals surface area (Å²) in [6.07, 6.45) is 5.14. The molecule has 1 aromatic heterocycles. The Hall–Kier alpha value is -3.76. The normalized spacial score (nSPS) is 28.7. The molecular formula is C40H51ClN4O9S2. The topological polar surface area (TPSA) is 149 Å². The van der Waals surface area contributed by atoms with Crippen LogP contribution in [0.5, 0.6) is 5.75 Å². The molecule has 3 amide bonds. The number of carbonyl (C=O) groups is 4. The van der Waals surface area contributed by atoms with Crippen LogP contribution in [0.4, 0.5) is 10.5 Å². The average molecular weight is 831 g/mol. The number of nitrogens with zero attached hydrogens (tertiary/aromatic N) is 3. The predicted octanol–water partition coefficient (Wildman–Crippen LogP) is 6.42. The zero-order valence-corrected chi connectivity index (χ0v) is 35.4. The van der Waals surface area contributed by atoms with Gasteiger partial charge in [0.1, 0.15) is 39.6 Å². The van der Waals surface area contributed by atoms with E-state index in [4.69, 9.17) is 35.3 Å². The molecule has 4 bridgehead atoms. The smallest absolute Gasteiger partial charge is 0.407 e. The number of methoxy groups -OCH3 is 2. The van der Waals surface area contributed by atoms with E-state index in [9.17, 15) is 19.2 Å². The van der Waals surface area contributed by atoms with Crippen molar-refractivity contribution >= 4 is 62.8 Å². The fourth-order valence-corrected chi connectivity index (χ4v) is 9.14. The van der Waals surface area contributed by atoms with Crippen molar-refractivity contribution in [1.82, 2.24) is 15.2 Å². The van der Waals surface area contributed by atoms with Crippen LogP contribution in [-0.2, 0) is 39.8 Å². The number of halogens is 1. The van der Waals surface area contributed by atoms with Gasteiger partial charge in [0.05, 0.1) is 37.5 Å². The molecule has 8 atom stereocenters. The zero-order chi connectivity index (χ0) is 40.7. The third kappa shape index (κ3) is 10.4. The number of carbonyl (C=O) groups excluding carboxylic acids is 4. The summed E-state index contributed by atoms with van der Waals surface area (Å²) in [6.45, 7) is 7.27. The Morgan fingerprint density at radius 1 is 1.23 bits per heavy atom. The minimum Gasteiger partial charge on any atom is -0.495 e. The Labute approximate surface area is 341 Å². The number of hydrogen-bond donors (Lipinski definition) is 1. The summed E-state index contributed by atoms with van der Waals surface area (Å²) in [5, 5.41) is 3.98. The molecule has 0 spiro atoms. The highest BCUT2D eigenvalue weighted by atomic mass is 35.5. The highest BCUT2D eigenvalue weighted by molar-refractivity contribution is 8.76. The van der Waals surface area contributed by atoms with Gasteiger partial charge in [-0.2, -0.15) is 0 Å². The van der Waals surface area contributed by atoms with Gasteiger partial charge in [0.25, 0.3) is 0 Å². The molecule has 56 heavy (non-hydrogen) atoms. The Bertz CT molecular complexity index is 1820. The summed E-state index contributed by atoms with van der Waals surface area (Å²) < 4.78 is 29.7. The molecule has 1 aromatic carbocycles. The number of fused-ring (bicyclic) bond motifs is 5. The van der Waals surface area contributed by atoms with Gasteiger partial charge in [0.2, 0.25) is 11.8 Å². The fraction of sp³-hybridized carbons (Fsp3) is 0.525. The maximum atomic E-state index is 14.2. The minimum absolute atomic E-state index is 0.194. The molecule has 3 aliphatic rings. The second kappa shape index (κ2) is 19.1. The second-order valence-corrected chi connectivity index (χ2v) is 17.3. The average Bonchev–Trinajstić information content (AvgIpc) is 3.88. The van der Waals surface area contributed by atoms with E-state index in [1.165, 1.54) is 38.5 Å². The summed E-state index contributed by atoms with van der Waals surface area (Å²) in [4.78, 5) is 61.1. The zero-order valence-electron chi connectivity index (χ0n) is 33.0. The van der Waals surface area contributed by atoms with E-state index in [0.29, 0.717) is 30.0 Å². The van der Waals surface area contributed by atoms with Gasteiger partial charge in [0, 0.05) is 51.9 Å². The van der Waals surface area contributed by atoms with Crippen LogP contribution in [0.1, 0.15) is 52.5 Å². The standard InChI is InChI=1S/C40H51ClN4O9S2/c1-23-12-11-13-29(50-7)27-21-30(52-39(49)43-27)24(2)37-40(4,54-37)32(22-35(47)45(6)28-19-26(18-23)20-31(51-8)36(28)41)53-38(48)25(3)44(5)34(46)15-17-55-56-33-14-9-10-16-42-33/h9-14,16,19-20,24-25,27,29-30,32,37H,15,17-18,21-22H2,1-8H3,(H,43,49)/b13-11+,23-12+/t24-,25+,27?,29-,30+,32+,37+,40+/m1/s1. The Morgan fingerprint density at radius 2 is 2.00 bits per heavy atom. The summed E-state index contributed by atoms with van der Waals surface area (Å²) in [7, 11) is 9.23. The first-order valence-electron chi connectivity index (χ1n) is 18.5. The number of nitrogens with one attached hydrogen (secondary N) is 1. The van der Waals surface area contributed by atoms with E-state index in [1.807, 2.05) is 62.4 Å².